The van der Waals surface area contributed by atoms with Crippen molar-refractivity contribution < 1.29 is 9.53 Å². The molecule has 0 spiro atoms. The van der Waals surface area contributed by atoms with Gasteiger partial charge in [-0.15, -0.1) is 0 Å². The zero-order valence-corrected chi connectivity index (χ0v) is 11.2. The molecule has 0 saturated carbocycles. The van der Waals surface area contributed by atoms with Crippen molar-refractivity contribution in [2.24, 2.45) is 0 Å². The average molecular weight is 260 g/mol. The Kier molecular flexibility index (Phi) is 3.55. The van der Waals surface area contributed by atoms with Gasteiger partial charge in [0.05, 0.1) is 24.8 Å². The van der Waals surface area contributed by atoms with Crippen LogP contribution in [-0.4, -0.2) is 22.9 Å². The molecule has 0 aliphatic rings. The molecule has 0 aliphatic carbocycles. The molecule has 0 bridgehead atoms. The Morgan fingerprint density at radius 2 is 2.11 bits per heavy atom. The number of benzene rings is 1. The molecule has 0 unspecified atom stereocenters. The molecule has 1 aromatic carbocycles. The molecule has 100 valence electrons. The molecule has 5 heteroatoms. The van der Waals surface area contributed by atoms with Gasteiger partial charge < -0.3 is 4.74 Å². The second-order valence-electron chi connectivity index (χ2n) is 4.45. The number of carbonyl (C=O) groups is 1. The Balaban J connectivity index is 2.47. The average Bonchev–Trinajstić information content (AvgIpc) is 2.66. The van der Waals surface area contributed by atoms with E-state index in [-0.39, 0.29) is 12.0 Å². The third kappa shape index (κ3) is 2.59. The van der Waals surface area contributed by atoms with Gasteiger partial charge in [0.25, 0.3) is 5.56 Å². The summed E-state index contributed by atoms with van der Waals surface area (Å²) in [5.74, 6) is -0.421. The number of methoxy groups -OCH3 is 1. The highest BCUT2D eigenvalue weighted by molar-refractivity contribution is 5.72. The van der Waals surface area contributed by atoms with Gasteiger partial charge in [0.2, 0.25) is 0 Å². The SMILES string of the molecule is COC(=O)Cc1c(C)[nH]n(-c2cccc(C)c2)c1=O. The fourth-order valence-corrected chi connectivity index (χ4v) is 1.95. The lowest BCUT2D eigenvalue weighted by Gasteiger charge is -2.02. The van der Waals surface area contributed by atoms with Crippen LogP contribution in [0.4, 0.5) is 0 Å². The molecular weight excluding hydrogens is 244 g/mol. The van der Waals surface area contributed by atoms with Gasteiger partial charge in [-0.3, -0.25) is 14.7 Å². The number of esters is 1. The fourth-order valence-electron chi connectivity index (χ4n) is 1.95. The largest absolute Gasteiger partial charge is 0.469 e. The summed E-state index contributed by atoms with van der Waals surface area (Å²) in [6.45, 7) is 3.73. The maximum atomic E-state index is 12.3. The number of carbonyl (C=O) groups excluding carboxylic acids is 1. The van der Waals surface area contributed by atoms with Crippen molar-refractivity contribution in [3.63, 3.8) is 0 Å². The van der Waals surface area contributed by atoms with E-state index in [1.807, 2.05) is 31.2 Å². The minimum Gasteiger partial charge on any atom is -0.469 e. The van der Waals surface area contributed by atoms with Crippen molar-refractivity contribution in [2.45, 2.75) is 20.3 Å². The Morgan fingerprint density at radius 3 is 2.74 bits per heavy atom. The third-order valence-electron chi connectivity index (χ3n) is 3.00. The molecule has 19 heavy (non-hydrogen) atoms. The summed E-state index contributed by atoms with van der Waals surface area (Å²) >= 11 is 0. The molecule has 1 N–H and O–H groups in total. The maximum absolute atomic E-state index is 12.3. The first-order chi connectivity index (χ1) is 9.02. The molecule has 1 heterocycles. The maximum Gasteiger partial charge on any atom is 0.310 e. The van der Waals surface area contributed by atoms with Gasteiger partial charge in [0.15, 0.2) is 0 Å². The van der Waals surface area contributed by atoms with E-state index >= 15 is 0 Å². The quantitative estimate of drug-likeness (QED) is 0.850. The standard InChI is InChI=1S/C14H16N2O3/c1-9-5-4-6-11(7-9)16-14(18)12(10(2)15-16)8-13(17)19-3/h4-7,15H,8H2,1-3H3. The number of hydrogen-bond donors (Lipinski definition) is 1. The van der Waals surface area contributed by atoms with E-state index in [0.717, 1.165) is 11.3 Å². The number of aryl methyl sites for hydroxylation is 2. The van der Waals surface area contributed by atoms with Crippen LogP contribution in [0.1, 0.15) is 16.8 Å². The van der Waals surface area contributed by atoms with Crippen molar-refractivity contribution in [2.75, 3.05) is 7.11 Å². The molecule has 0 atom stereocenters. The Bertz CT molecular complexity index is 668. The Morgan fingerprint density at radius 1 is 1.37 bits per heavy atom. The first-order valence-corrected chi connectivity index (χ1v) is 5.97. The summed E-state index contributed by atoms with van der Waals surface area (Å²) in [6.07, 6.45) is -0.0174. The summed E-state index contributed by atoms with van der Waals surface area (Å²) < 4.78 is 6.04. The van der Waals surface area contributed by atoms with Crippen LogP contribution in [0.25, 0.3) is 5.69 Å². The van der Waals surface area contributed by atoms with E-state index < -0.39 is 5.97 Å². The lowest BCUT2D eigenvalue weighted by Crippen LogP contribution is -2.19. The summed E-state index contributed by atoms with van der Waals surface area (Å²) in [6, 6.07) is 7.58. The zero-order valence-electron chi connectivity index (χ0n) is 11.2. The summed E-state index contributed by atoms with van der Waals surface area (Å²) in [5, 5.41) is 2.98. The van der Waals surface area contributed by atoms with Gasteiger partial charge in [-0.2, -0.15) is 0 Å². The highest BCUT2D eigenvalue weighted by Crippen LogP contribution is 2.10. The Labute approximate surface area is 110 Å². The number of aromatic nitrogens is 2. The van der Waals surface area contributed by atoms with E-state index in [4.69, 9.17) is 0 Å². The second kappa shape index (κ2) is 5.14. The highest BCUT2D eigenvalue weighted by atomic mass is 16.5. The van der Waals surface area contributed by atoms with Crippen molar-refractivity contribution in [3.05, 3.63) is 51.4 Å². The summed E-state index contributed by atoms with van der Waals surface area (Å²) in [4.78, 5) is 23.6. The Hall–Kier alpha value is -2.30. The predicted molar refractivity (Wildman–Crippen MR) is 71.6 cm³/mol. The van der Waals surface area contributed by atoms with Gasteiger partial charge in [0.1, 0.15) is 0 Å². The number of rotatable bonds is 3. The molecular formula is C14H16N2O3. The van der Waals surface area contributed by atoms with Crippen molar-refractivity contribution in [3.8, 4) is 5.69 Å². The molecule has 0 saturated heterocycles. The van der Waals surface area contributed by atoms with Crippen molar-refractivity contribution >= 4 is 5.97 Å². The van der Waals surface area contributed by atoms with Gasteiger partial charge in [-0.05, 0) is 31.5 Å². The van der Waals surface area contributed by atoms with Crippen LogP contribution in [0.3, 0.4) is 0 Å². The van der Waals surface area contributed by atoms with Gasteiger partial charge in [-0.1, -0.05) is 12.1 Å². The van der Waals surface area contributed by atoms with Crippen LogP contribution < -0.4 is 5.56 Å². The third-order valence-corrected chi connectivity index (χ3v) is 3.00. The molecule has 0 radical (unpaired) electrons. The van der Waals surface area contributed by atoms with E-state index in [9.17, 15) is 9.59 Å². The van der Waals surface area contributed by atoms with Crippen molar-refractivity contribution in [1.82, 2.24) is 9.78 Å². The molecule has 2 rings (SSSR count). The van der Waals surface area contributed by atoms with E-state index in [2.05, 4.69) is 9.84 Å². The number of nitrogens with zero attached hydrogens (tertiary/aromatic N) is 1. The van der Waals surface area contributed by atoms with Crippen LogP contribution in [0.5, 0.6) is 0 Å². The first-order valence-electron chi connectivity index (χ1n) is 5.97. The van der Waals surface area contributed by atoms with E-state index in [0.29, 0.717) is 11.3 Å². The molecule has 0 amide bonds. The lowest BCUT2D eigenvalue weighted by molar-refractivity contribution is -0.139. The monoisotopic (exact) mass is 260 g/mol. The first kappa shape index (κ1) is 13.1. The molecule has 0 aliphatic heterocycles. The van der Waals surface area contributed by atoms with Crippen LogP contribution in [0, 0.1) is 13.8 Å². The normalized spacial score (nSPS) is 10.5. The number of H-pyrrole nitrogens is 1. The number of ether oxygens (including phenoxy) is 1. The van der Waals surface area contributed by atoms with Crippen LogP contribution in [-0.2, 0) is 16.0 Å². The zero-order chi connectivity index (χ0) is 14.0. The molecule has 1 aromatic heterocycles. The van der Waals surface area contributed by atoms with Crippen molar-refractivity contribution in [1.29, 1.82) is 0 Å². The molecule has 5 nitrogen and oxygen atoms in total. The minimum absolute atomic E-state index is 0.0174. The lowest BCUT2D eigenvalue weighted by atomic mass is 10.2. The number of hydrogen-bond acceptors (Lipinski definition) is 3. The van der Waals surface area contributed by atoms with Gasteiger partial charge >= 0.3 is 5.97 Å². The summed E-state index contributed by atoms with van der Waals surface area (Å²) in [7, 11) is 1.31. The highest BCUT2D eigenvalue weighted by Gasteiger charge is 2.15. The van der Waals surface area contributed by atoms with Crippen LogP contribution in [0.2, 0.25) is 0 Å². The fraction of sp³-hybridized carbons (Fsp3) is 0.286. The second-order valence-corrected chi connectivity index (χ2v) is 4.45. The molecule has 2 aromatic rings. The topological polar surface area (TPSA) is 64.1 Å². The molecule has 0 fully saturated rings. The predicted octanol–water partition coefficient (Wildman–Crippen LogP) is 1.50. The van der Waals surface area contributed by atoms with Gasteiger partial charge in [-0.25, -0.2) is 4.68 Å². The van der Waals surface area contributed by atoms with Crippen LogP contribution >= 0.6 is 0 Å². The van der Waals surface area contributed by atoms with Gasteiger partial charge in [0, 0.05) is 5.69 Å². The van der Waals surface area contributed by atoms with E-state index in [1.165, 1.54) is 11.8 Å². The minimum atomic E-state index is -0.421. The number of nitrogens with one attached hydrogen (secondary N) is 1. The van der Waals surface area contributed by atoms with E-state index in [1.54, 1.807) is 6.92 Å². The summed E-state index contributed by atoms with van der Waals surface area (Å²) in [5.41, 5.74) is 2.72. The smallest absolute Gasteiger partial charge is 0.310 e. The number of aromatic amines is 1. The van der Waals surface area contributed by atoms with Crippen LogP contribution in [0.15, 0.2) is 29.1 Å².